The number of amides is 4. The summed E-state index contributed by atoms with van der Waals surface area (Å²) in [5.74, 6) is 4.12. The van der Waals surface area contributed by atoms with E-state index in [1.165, 1.54) is 31.2 Å². The van der Waals surface area contributed by atoms with Gasteiger partial charge in [-0.15, -0.1) is 0 Å². The zero-order valence-corrected chi connectivity index (χ0v) is 30.5. The van der Waals surface area contributed by atoms with Crippen molar-refractivity contribution in [2.45, 2.75) is 50.9 Å². The molecule has 0 unspecified atom stereocenters. The zero-order chi connectivity index (χ0) is 37.6. The van der Waals surface area contributed by atoms with Gasteiger partial charge in [0.25, 0.3) is 23.6 Å². The minimum absolute atomic E-state index is 0.0683. The lowest BCUT2D eigenvalue weighted by atomic mass is 9.48. The molecular weight excluding hydrogens is 693 g/mol. The van der Waals surface area contributed by atoms with Gasteiger partial charge in [0, 0.05) is 12.6 Å². The molecule has 9 nitrogen and oxygen atoms in total. The predicted molar refractivity (Wildman–Crippen MR) is 205 cm³/mol. The molecule has 4 aliphatic carbocycles. The summed E-state index contributed by atoms with van der Waals surface area (Å²) in [6.07, 6.45) is 7.09. The van der Waals surface area contributed by atoms with Gasteiger partial charge >= 0.3 is 0 Å². The zero-order valence-electron chi connectivity index (χ0n) is 30.5. The lowest BCUT2D eigenvalue weighted by Gasteiger charge is -2.57. The molecule has 5 aromatic carbocycles. The lowest BCUT2D eigenvalue weighted by Crippen LogP contribution is -2.48. The number of carbonyl (C=O) groups is 4. The Hall–Kier alpha value is -6.22. The molecule has 0 N–H and O–H groups in total. The summed E-state index contributed by atoms with van der Waals surface area (Å²) in [4.78, 5) is 54.9. The van der Waals surface area contributed by atoms with Crippen LogP contribution in [0.25, 0.3) is 0 Å². The third-order valence-corrected chi connectivity index (χ3v) is 12.3. The maximum atomic E-state index is 13.8. The highest BCUT2D eigenvalue weighted by Crippen LogP contribution is 2.62. The van der Waals surface area contributed by atoms with Crippen LogP contribution in [0.15, 0.2) is 103 Å². The summed E-state index contributed by atoms with van der Waals surface area (Å²) >= 11 is 0. The Morgan fingerprint density at radius 2 is 0.964 bits per heavy atom. The number of ether oxygens (including phenoxy) is 3. The average molecular weight is 731 g/mol. The number of anilines is 1. The molecule has 9 heteroatoms. The highest BCUT2D eigenvalue weighted by molar-refractivity contribution is 6.34. The van der Waals surface area contributed by atoms with Gasteiger partial charge in [-0.25, -0.2) is 4.90 Å². The Labute approximate surface area is 318 Å². The Morgan fingerprint density at radius 1 is 0.509 bits per heavy atom. The molecule has 0 radical (unpaired) electrons. The van der Waals surface area contributed by atoms with E-state index in [0.29, 0.717) is 74.6 Å². The van der Waals surface area contributed by atoms with Crippen LogP contribution in [0.2, 0.25) is 0 Å². The number of benzene rings is 5. The van der Waals surface area contributed by atoms with E-state index < -0.39 is 11.8 Å². The number of nitrogens with zero attached hydrogens (tertiary/aromatic N) is 2. The molecule has 0 atom stereocenters. The number of hydrogen-bond acceptors (Lipinski definition) is 7. The minimum atomic E-state index is -0.413. The highest BCUT2D eigenvalue weighted by Gasteiger charge is 2.52. The molecule has 4 amide bonds. The first-order valence-electron chi connectivity index (χ1n) is 18.9. The van der Waals surface area contributed by atoms with Crippen LogP contribution in [-0.4, -0.2) is 35.6 Å². The lowest BCUT2D eigenvalue weighted by molar-refractivity contribution is -0.00606. The Kier molecular flexibility index (Phi) is 7.53. The molecule has 0 saturated heterocycles. The summed E-state index contributed by atoms with van der Waals surface area (Å²) in [6.45, 7) is 2.01. The monoisotopic (exact) mass is 730 g/mol. The van der Waals surface area contributed by atoms with Gasteiger partial charge in [0.2, 0.25) is 0 Å². The largest absolute Gasteiger partial charge is 0.457 e. The molecule has 55 heavy (non-hydrogen) atoms. The highest BCUT2D eigenvalue weighted by atomic mass is 16.5. The fourth-order valence-corrected chi connectivity index (χ4v) is 10.1. The first-order chi connectivity index (χ1) is 26.6. The third-order valence-electron chi connectivity index (χ3n) is 12.3. The molecule has 0 aromatic heterocycles. The van der Waals surface area contributed by atoms with Gasteiger partial charge in [-0.2, -0.15) is 0 Å². The molecule has 6 aliphatic rings. The van der Waals surface area contributed by atoms with E-state index in [1.807, 2.05) is 43.3 Å². The van der Waals surface area contributed by atoms with E-state index in [4.69, 9.17) is 14.2 Å². The summed E-state index contributed by atoms with van der Waals surface area (Å²) < 4.78 is 19.0. The van der Waals surface area contributed by atoms with Gasteiger partial charge < -0.3 is 14.2 Å². The molecule has 274 valence electrons. The van der Waals surface area contributed by atoms with Crippen molar-refractivity contribution in [2.24, 2.45) is 17.8 Å². The fourth-order valence-electron chi connectivity index (χ4n) is 10.1. The van der Waals surface area contributed by atoms with E-state index in [0.717, 1.165) is 35.3 Å². The number of aryl methyl sites for hydroxylation is 1. The van der Waals surface area contributed by atoms with Gasteiger partial charge in [0.1, 0.15) is 34.5 Å². The first kappa shape index (κ1) is 33.4. The molecule has 0 spiro atoms. The van der Waals surface area contributed by atoms with Gasteiger partial charge in [-0.1, -0.05) is 17.7 Å². The quantitative estimate of drug-likeness (QED) is 0.147. The average Bonchev–Trinajstić information content (AvgIpc) is 3.55. The van der Waals surface area contributed by atoms with Crippen LogP contribution in [0.3, 0.4) is 0 Å². The topological polar surface area (TPSA) is 102 Å². The van der Waals surface area contributed by atoms with E-state index in [1.54, 1.807) is 60.7 Å². The summed E-state index contributed by atoms with van der Waals surface area (Å²) in [5, 5.41) is 0. The van der Waals surface area contributed by atoms with Crippen LogP contribution >= 0.6 is 0 Å². The molecule has 2 aliphatic heterocycles. The molecule has 4 saturated carbocycles. The van der Waals surface area contributed by atoms with E-state index >= 15 is 0 Å². The van der Waals surface area contributed by atoms with Crippen molar-refractivity contribution < 1.29 is 33.4 Å². The van der Waals surface area contributed by atoms with Crippen LogP contribution in [0, 0.1) is 24.7 Å². The number of carbonyl (C=O) groups excluding carboxylic acids is 4. The normalized spacial score (nSPS) is 23.3. The number of rotatable bonds is 8. The van der Waals surface area contributed by atoms with Gasteiger partial charge in [0.15, 0.2) is 0 Å². The molecule has 11 rings (SSSR count). The van der Waals surface area contributed by atoms with Crippen LogP contribution in [0.1, 0.15) is 91.1 Å². The second-order valence-electron chi connectivity index (χ2n) is 16.0. The van der Waals surface area contributed by atoms with E-state index in [2.05, 4.69) is 6.07 Å². The standard InChI is InChI=1S/C46H38N2O7/c1-26-3-7-31(8-4-26)53-32-9-5-30(6-10-32)48-44(51)37-15-12-34(21-39(37)45(48)52)55-41-16-13-35(54-33-11-14-36-38(20-33)43(50)47(2)42(36)49)22-40(41)46-23-27-17-28(24-46)19-29(18-27)25-46/h3-16,20-22,27-29H,17-19,23-25H2,1-2H3. The Bertz CT molecular complexity index is 2420. The van der Waals surface area contributed by atoms with Gasteiger partial charge in [0.05, 0.1) is 27.9 Å². The van der Waals surface area contributed by atoms with Crippen molar-refractivity contribution >= 4 is 29.3 Å². The smallest absolute Gasteiger partial charge is 0.266 e. The van der Waals surface area contributed by atoms with Crippen LogP contribution < -0.4 is 19.1 Å². The SMILES string of the molecule is Cc1ccc(Oc2ccc(N3C(=O)c4ccc(Oc5ccc(Oc6ccc7c(c6)C(=O)N(C)C7=O)cc5C56CC7CC(CC(C7)C5)C6)cc4C3=O)cc2)cc1. The molecule has 4 fully saturated rings. The van der Waals surface area contributed by atoms with Gasteiger partial charge in [-0.05, 0) is 160 Å². The van der Waals surface area contributed by atoms with Crippen molar-refractivity contribution in [1.82, 2.24) is 4.90 Å². The van der Waals surface area contributed by atoms with Crippen LogP contribution in [-0.2, 0) is 5.41 Å². The van der Waals surface area contributed by atoms with Crippen molar-refractivity contribution in [3.8, 4) is 34.5 Å². The second kappa shape index (κ2) is 12.4. The number of fused-ring (bicyclic) bond motifs is 2. The van der Waals surface area contributed by atoms with E-state index in [9.17, 15) is 19.2 Å². The molecule has 5 aromatic rings. The summed E-state index contributed by atoms with van der Waals surface area (Å²) in [5.41, 5.74) is 3.91. The van der Waals surface area contributed by atoms with Crippen molar-refractivity contribution in [1.29, 1.82) is 0 Å². The molecular formula is C46H38N2O7. The van der Waals surface area contributed by atoms with Crippen LogP contribution in [0.4, 0.5) is 5.69 Å². The first-order valence-corrected chi connectivity index (χ1v) is 18.9. The number of hydrogen-bond donors (Lipinski definition) is 0. The van der Waals surface area contributed by atoms with Crippen LogP contribution in [0.5, 0.6) is 34.5 Å². The van der Waals surface area contributed by atoms with E-state index in [-0.39, 0.29) is 22.8 Å². The minimum Gasteiger partial charge on any atom is -0.457 e. The fraction of sp³-hybridized carbons (Fsp3) is 0.261. The maximum Gasteiger partial charge on any atom is 0.266 e. The Balaban J connectivity index is 0.937. The van der Waals surface area contributed by atoms with Crippen molar-refractivity contribution in [2.75, 3.05) is 11.9 Å². The number of imide groups is 2. The molecule has 4 bridgehead atoms. The predicted octanol–water partition coefficient (Wildman–Crippen LogP) is 9.87. The summed E-state index contributed by atoms with van der Waals surface area (Å²) in [7, 11) is 1.48. The summed E-state index contributed by atoms with van der Waals surface area (Å²) in [6, 6.07) is 30.6. The van der Waals surface area contributed by atoms with Crippen molar-refractivity contribution in [3.05, 3.63) is 137 Å². The molecule has 2 heterocycles. The Morgan fingerprint density at radius 3 is 1.60 bits per heavy atom. The van der Waals surface area contributed by atoms with Crippen molar-refractivity contribution in [3.63, 3.8) is 0 Å². The third kappa shape index (κ3) is 5.60. The second-order valence-corrected chi connectivity index (χ2v) is 16.0. The maximum absolute atomic E-state index is 13.8. The van der Waals surface area contributed by atoms with Gasteiger partial charge in [-0.3, -0.25) is 24.1 Å².